The van der Waals surface area contributed by atoms with E-state index in [4.69, 9.17) is 5.73 Å². The smallest absolute Gasteiger partial charge is 0.0836 e. The van der Waals surface area contributed by atoms with Crippen LogP contribution in [0, 0.1) is 0 Å². The molecule has 0 aromatic rings. The Labute approximate surface area is 139 Å². The Morgan fingerprint density at radius 3 is 1.58 bits per heavy atom. The molecule has 0 radical (unpaired) electrons. The summed E-state index contributed by atoms with van der Waals surface area (Å²) >= 11 is 0. The molecular weight excluding hydrogens is 305 g/mol. The maximum absolute atomic E-state index is 6.03. The number of halogens is 3. The average molecular weight is 339 g/mol. The number of nitrogens with two attached hydrogens (primary N) is 1. The zero-order valence-corrected chi connectivity index (χ0v) is 16.0. The molecule has 3 nitrogen and oxygen atoms in total. The van der Waals surface area contributed by atoms with E-state index in [9.17, 15) is 0 Å². The Balaban J connectivity index is -0.000000375. The third-order valence-corrected chi connectivity index (χ3v) is 2.95. The average Bonchev–Trinajstić information content (AvgIpc) is 1.97. The van der Waals surface area contributed by atoms with Crippen LogP contribution in [0.3, 0.4) is 0 Å². The molecular formula is C13H34Cl3N3. The van der Waals surface area contributed by atoms with Gasteiger partial charge in [-0.2, -0.15) is 0 Å². The van der Waals surface area contributed by atoms with Crippen molar-refractivity contribution in [3.63, 3.8) is 0 Å². The minimum atomic E-state index is -0.0321. The number of hydrogen-bond donors (Lipinski definition) is 1. The summed E-state index contributed by atoms with van der Waals surface area (Å²) in [5.74, 6) is 0. The predicted octanol–water partition coefficient (Wildman–Crippen LogP) is -4.28. The summed E-state index contributed by atoms with van der Waals surface area (Å²) in [7, 11) is 11.4. The SMILES string of the molecule is CC(C)(N)CC[N+](C)(C)CCC[N+](C)(C)C.Cl.[Cl-].[Cl-]. The van der Waals surface area contributed by atoms with Gasteiger partial charge in [-0.25, -0.2) is 0 Å². The molecule has 0 aromatic heterocycles. The van der Waals surface area contributed by atoms with Gasteiger partial charge in [-0.05, 0) is 13.8 Å². The molecule has 0 aliphatic heterocycles. The summed E-state index contributed by atoms with van der Waals surface area (Å²) in [5, 5.41) is 0. The van der Waals surface area contributed by atoms with Gasteiger partial charge in [0.05, 0.1) is 54.9 Å². The molecule has 0 heterocycles. The second kappa shape index (κ2) is 10.5. The molecule has 0 unspecified atom stereocenters. The zero-order chi connectivity index (χ0) is 13.0. The first kappa shape index (κ1) is 28.0. The lowest BCUT2D eigenvalue weighted by Gasteiger charge is -2.33. The van der Waals surface area contributed by atoms with Crippen LogP contribution in [0.5, 0.6) is 0 Å². The normalized spacial score (nSPS) is 12.0. The molecule has 122 valence electrons. The van der Waals surface area contributed by atoms with Gasteiger partial charge in [-0.1, -0.05) is 0 Å². The van der Waals surface area contributed by atoms with Crippen LogP contribution in [0.1, 0.15) is 26.7 Å². The van der Waals surface area contributed by atoms with Gasteiger partial charge in [0.25, 0.3) is 0 Å². The van der Waals surface area contributed by atoms with E-state index >= 15 is 0 Å². The Morgan fingerprint density at radius 1 is 0.842 bits per heavy atom. The lowest BCUT2D eigenvalue weighted by atomic mass is 10.0. The second-order valence-electron chi connectivity index (χ2n) is 7.49. The third kappa shape index (κ3) is 21.2. The maximum Gasteiger partial charge on any atom is 0.0836 e. The number of hydrogen-bond acceptors (Lipinski definition) is 1. The highest BCUT2D eigenvalue weighted by molar-refractivity contribution is 5.85. The monoisotopic (exact) mass is 337 g/mol. The van der Waals surface area contributed by atoms with Crippen LogP contribution in [0.25, 0.3) is 0 Å². The van der Waals surface area contributed by atoms with Crippen LogP contribution < -0.4 is 30.5 Å². The van der Waals surface area contributed by atoms with Gasteiger partial charge in [-0.15, -0.1) is 12.4 Å². The largest absolute Gasteiger partial charge is 1.00 e. The minimum absolute atomic E-state index is 0. The van der Waals surface area contributed by atoms with Gasteiger partial charge in [0, 0.05) is 18.4 Å². The lowest BCUT2D eigenvalue weighted by molar-refractivity contribution is -0.902. The molecule has 0 amide bonds. The highest BCUT2D eigenvalue weighted by Gasteiger charge is 2.21. The molecule has 6 heteroatoms. The van der Waals surface area contributed by atoms with Crippen molar-refractivity contribution in [3.8, 4) is 0 Å². The van der Waals surface area contributed by atoms with Crippen LogP contribution >= 0.6 is 12.4 Å². The van der Waals surface area contributed by atoms with E-state index in [1.54, 1.807) is 0 Å². The van der Waals surface area contributed by atoms with Crippen LogP contribution in [-0.4, -0.2) is 69.4 Å². The number of quaternary nitrogens is 2. The molecule has 2 N–H and O–H groups in total. The minimum Gasteiger partial charge on any atom is -1.00 e. The predicted molar refractivity (Wildman–Crippen MR) is 79.5 cm³/mol. The molecule has 0 atom stereocenters. The van der Waals surface area contributed by atoms with Crippen molar-refractivity contribution >= 4 is 12.4 Å². The van der Waals surface area contributed by atoms with Crippen molar-refractivity contribution in [2.45, 2.75) is 32.2 Å². The van der Waals surface area contributed by atoms with E-state index in [2.05, 4.69) is 49.1 Å². The summed E-state index contributed by atoms with van der Waals surface area (Å²) in [4.78, 5) is 0. The molecule has 19 heavy (non-hydrogen) atoms. The summed E-state index contributed by atoms with van der Waals surface area (Å²) in [5.41, 5.74) is 6.00. The van der Waals surface area contributed by atoms with Gasteiger partial charge in [-0.3, -0.25) is 0 Å². The van der Waals surface area contributed by atoms with E-state index in [1.807, 2.05) is 0 Å². The molecule has 0 aromatic carbocycles. The van der Waals surface area contributed by atoms with E-state index in [0.717, 1.165) is 15.4 Å². The van der Waals surface area contributed by atoms with E-state index in [-0.39, 0.29) is 42.8 Å². The number of rotatable bonds is 7. The van der Waals surface area contributed by atoms with Crippen molar-refractivity contribution in [1.82, 2.24) is 0 Å². The summed E-state index contributed by atoms with van der Waals surface area (Å²) in [6, 6.07) is 0. The molecule has 0 saturated carbocycles. The molecule has 0 spiro atoms. The standard InChI is InChI=1S/C13H33N3.3ClH/c1-13(2,14)9-12-16(6,7)11-8-10-15(3,4)5;;;/h8-12,14H2,1-7H3;3*1H/q+2;;;/p-2. The van der Waals surface area contributed by atoms with Gasteiger partial charge in [0.1, 0.15) is 0 Å². The quantitative estimate of drug-likeness (QED) is 0.467. The first-order chi connectivity index (χ1) is 6.91. The lowest BCUT2D eigenvalue weighted by Crippen LogP contribution is -3.00. The van der Waals surface area contributed by atoms with Gasteiger partial charge >= 0.3 is 0 Å². The molecule has 0 fully saturated rings. The van der Waals surface area contributed by atoms with Crippen molar-refractivity contribution in [2.24, 2.45) is 5.73 Å². The fraction of sp³-hybridized carbons (Fsp3) is 1.00. The molecule has 0 bridgehead atoms. The molecule has 0 saturated heterocycles. The third-order valence-electron chi connectivity index (χ3n) is 2.95. The van der Waals surface area contributed by atoms with Crippen molar-refractivity contribution < 1.29 is 33.8 Å². The molecule has 0 rings (SSSR count). The Bertz CT molecular complexity index is 208. The van der Waals surface area contributed by atoms with Crippen LogP contribution in [0.15, 0.2) is 0 Å². The second-order valence-corrected chi connectivity index (χ2v) is 7.49. The topological polar surface area (TPSA) is 26.0 Å². The highest BCUT2D eigenvalue weighted by atomic mass is 35.5. The highest BCUT2D eigenvalue weighted by Crippen LogP contribution is 2.09. The van der Waals surface area contributed by atoms with Crippen LogP contribution in [-0.2, 0) is 0 Å². The van der Waals surface area contributed by atoms with Gasteiger partial charge < -0.3 is 39.5 Å². The Kier molecular flexibility index (Phi) is 15.4. The number of nitrogens with zero attached hydrogens (tertiary/aromatic N) is 2. The van der Waals surface area contributed by atoms with E-state index in [1.165, 1.54) is 26.1 Å². The first-order valence-corrected chi connectivity index (χ1v) is 6.33. The Morgan fingerprint density at radius 2 is 1.26 bits per heavy atom. The summed E-state index contributed by atoms with van der Waals surface area (Å²) in [6.45, 7) is 7.87. The molecule has 0 aliphatic carbocycles. The first-order valence-electron chi connectivity index (χ1n) is 6.33. The summed E-state index contributed by atoms with van der Waals surface area (Å²) in [6.07, 6.45) is 2.37. The van der Waals surface area contributed by atoms with Crippen molar-refractivity contribution in [3.05, 3.63) is 0 Å². The van der Waals surface area contributed by atoms with Crippen molar-refractivity contribution in [2.75, 3.05) is 54.9 Å². The zero-order valence-electron chi connectivity index (χ0n) is 13.7. The van der Waals surface area contributed by atoms with Crippen LogP contribution in [0.2, 0.25) is 0 Å². The van der Waals surface area contributed by atoms with Crippen molar-refractivity contribution in [1.29, 1.82) is 0 Å². The fourth-order valence-electron chi connectivity index (χ4n) is 1.68. The van der Waals surface area contributed by atoms with E-state index < -0.39 is 0 Å². The van der Waals surface area contributed by atoms with Gasteiger partial charge in [0.2, 0.25) is 0 Å². The van der Waals surface area contributed by atoms with E-state index in [0.29, 0.717) is 0 Å². The van der Waals surface area contributed by atoms with Gasteiger partial charge in [0.15, 0.2) is 0 Å². The summed E-state index contributed by atoms with van der Waals surface area (Å²) < 4.78 is 2.14. The fourth-order valence-corrected chi connectivity index (χ4v) is 1.68. The van der Waals surface area contributed by atoms with Crippen LogP contribution in [0.4, 0.5) is 0 Å². The molecule has 0 aliphatic rings. The maximum atomic E-state index is 6.03. The Hall–Kier alpha value is 0.750.